The molecule has 0 atom stereocenters. The van der Waals surface area contributed by atoms with Gasteiger partial charge in [0.2, 0.25) is 10.0 Å². The predicted octanol–water partition coefficient (Wildman–Crippen LogP) is 2.09. The molecule has 0 aromatic carbocycles. The molecule has 8 heteroatoms. The zero-order valence-electron chi connectivity index (χ0n) is 9.42. The molecule has 5 nitrogen and oxygen atoms in total. The van der Waals surface area contributed by atoms with E-state index in [-0.39, 0.29) is 10.8 Å². The third kappa shape index (κ3) is 3.35. The van der Waals surface area contributed by atoms with Crippen molar-refractivity contribution >= 4 is 37.3 Å². The molecule has 0 aliphatic carbocycles. The maximum Gasteiger partial charge on any atom is 0.250 e. The molecule has 96 valence electrons. The van der Waals surface area contributed by atoms with E-state index in [0.717, 1.165) is 3.79 Å². The van der Waals surface area contributed by atoms with Gasteiger partial charge in [0.15, 0.2) is 0 Å². The zero-order valence-corrected chi connectivity index (χ0v) is 12.6. The van der Waals surface area contributed by atoms with Crippen LogP contribution in [0.3, 0.4) is 0 Å². The van der Waals surface area contributed by atoms with Crippen LogP contribution in [0.1, 0.15) is 11.5 Å². The summed E-state index contributed by atoms with van der Waals surface area (Å²) in [6.07, 6.45) is 1.60. The van der Waals surface area contributed by atoms with Gasteiger partial charge in [-0.2, -0.15) is 0 Å². The van der Waals surface area contributed by atoms with Crippen LogP contribution >= 0.6 is 27.3 Å². The number of hydrogen-bond donors (Lipinski definition) is 1. The lowest BCUT2D eigenvalue weighted by Gasteiger charge is -2.04. The van der Waals surface area contributed by atoms with Crippen LogP contribution in [0.4, 0.5) is 0 Å². The van der Waals surface area contributed by atoms with Gasteiger partial charge in [-0.1, -0.05) is 0 Å². The normalized spacial score (nSPS) is 11.7. The maximum absolute atomic E-state index is 11.9. The van der Waals surface area contributed by atoms with E-state index in [4.69, 9.17) is 0 Å². The van der Waals surface area contributed by atoms with Gasteiger partial charge in [-0.3, -0.25) is 0 Å². The topological polar surface area (TPSA) is 72.0 Å². The molecule has 2 aromatic heterocycles. The van der Waals surface area contributed by atoms with Crippen LogP contribution in [0.2, 0.25) is 0 Å². The van der Waals surface area contributed by atoms with Gasteiger partial charge in [-0.25, -0.2) is 23.1 Å². The fourth-order valence-corrected chi connectivity index (χ4v) is 4.34. The summed E-state index contributed by atoms with van der Waals surface area (Å²) in [4.78, 5) is 8.08. The fraction of sp³-hybridized carbons (Fsp3) is 0.200. The minimum absolute atomic E-state index is 0.154. The Bertz CT molecular complexity index is 655. The van der Waals surface area contributed by atoms with E-state index in [0.29, 0.717) is 11.5 Å². The number of nitrogens with zero attached hydrogens (tertiary/aromatic N) is 2. The first-order valence-corrected chi connectivity index (χ1v) is 8.10. The van der Waals surface area contributed by atoms with Crippen LogP contribution in [-0.2, 0) is 16.6 Å². The predicted molar refractivity (Wildman–Crippen MR) is 72.8 cm³/mol. The Morgan fingerprint density at radius 1 is 1.39 bits per heavy atom. The summed E-state index contributed by atoms with van der Waals surface area (Å²) in [7, 11) is -3.47. The zero-order chi connectivity index (χ0) is 13.2. The number of halogens is 1. The lowest BCUT2D eigenvalue weighted by molar-refractivity contribution is 0.582. The smallest absolute Gasteiger partial charge is 0.242 e. The van der Waals surface area contributed by atoms with Crippen molar-refractivity contribution in [1.29, 1.82) is 0 Å². The first kappa shape index (κ1) is 13.6. The first-order valence-electron chi connectivity index (χ1n) is 5.01. The Labute approximate surface area is 117 Å². The second-order valence-corrected chi connectivity index (χ2v) is 7.94. The molecule has 0 saturated heterocycles. The SMILES string of the molecule is Cc1nccc(CNS(=O)(=O)c2ccc(Br)s2)n1. The quantitative estimate of drug-likeness (QED) is 0.918. The second kappa shape index (κ2) is 5.43. The number of thiophene rings is 1. The van der Waals surface area contributed by atoms with Gasteiger partial charge in [0.1, 0.15) is 10.0 Å². The lowest BCUT2D eigenvalue weighted by atomic mass is 10.4. The van der Waals surface area contributed by atoms with Gasteiger partial charge >= 0.3 is 0 Å². The van der Waals surface area contributed by atoms with E-state index >= 15 is 0 Å². The summed E-state index contributed by atoms with van der Waals surface area (Å²) >= 11 is 4.40. The molecule has 1 N–H and O–H groups in total. The highest BCUT2D eigenvalue weighted by molar-refractivity contribution is 9.11. The Balaban J connectivity index is 2.10. The number of rotatable bonds is 4. The average Bonchev–Trinajstić information content (AvgIpc) is 2.74. The van der Waals surface area contributed by atoms with Gasteiger partial charge in [0.05, 0.1) is 16.0 Å². The van der Waals surface area contributed by atoms with Crippen LogP contribution in [-0.4, -0.2) is 18.4 Å². The molecule has 0 radical (unpaired) electrons. The molecular weight excluding hydrogens is 338 g/mol. The van der Waals surface area contributed by atoms with Crippen molar-refractivity contribution in [2.24, 2.45) is 0 Å². The highest BCUT2D eigenvalue weighted by Crippen LogP contribution is 2.25. The lowest BCUT2D eigenvalue weighted by Crippen LogP contribution is -2.23. The van der Waals surface area contributed by atoms with Crippen molar-refractivity contribution in [2.75, 3.05) is 0 Å². The average molecular weight is 348 g/mol. The summed E-state index contributed by atoms with van der Waals surface area (Å²) in [6, 6.07) is 4.94. The summed E-state index contributed by atoms with van der Waals surface area (Å²) in [5.41, 5.74) is 0.640. The van der Waals surface area contributed by atoms with E-state index in [1.807, 2.05) is 0 Å². The van der Waals surface area contributed by atoms with Gasteiger partial charge in [0.25, 0.3) is 0 Å². The third-order valence-corrected chi connectivity index (χ3v) is 5.61. The van der Waals surface area contributed by atoms with Crippen molar-refractivity contribution in [3.05, 3.63) is 39.7 Å². The molecule has 2 aromatic rings. The number of hydrogen-bond acceptors (Lipinski definition) is 5. The van der Waals surface area contributed by atoms with Crippen molar-refractivity contribution in [3.8, 4) is 0 Å². The standard InChI is InChI=1S/C10H10BrN3O2S2/c1-7-12-5-4-8(14-7)6-13-18(15,16)10-3-2-9(11)17-10/h2-5,13H,6H2,1H3. The molecule has 0 amide bonds. The monoisotopic (exact) mass is 347 g/mol. The molecule has 0 spiro atoms. The number of aromatic nitrogens is 2. The van der Waals surface area contributed by atoms with Crippen molar-refractivity contribution < 1.29 is 8.42 Å². The van der Waals surface area contributed by atoms with Gasteiger partial charge in [0, 0.05) is 6.20 Å². The number of aryl methyl sites for hydroxylation is 1. The van der Waals surface area contributed by atoms with Crippen LogP contribution in [0, 0.1) is 6.92 Å². The van der Waals surface area contributed by atoms with Gasteiger partial charge in [-0.05, 0) is 41.1 Å². The van der Waals surface area contributed by atoms with E-state index < -0.39 is 10.0 Å². The molecular formula is C10H10BrN3O2S2. The van der Waals surface area contributed by atoms with Gasteiger partial charge < -0.3 is 0 Å². The molecule has 0 saturated carbocycles. The molecule has 2 heterocycles. The Kier molecular flexibility index (Phi) is 4.10. The Hall–Kier alpha value is -0.830. The Morgan fingerprint density at radius 2 is 2.17 bits per heavy atom. The van der Waals surface area contributed by atoms with Crippen molar-refractivity contribution in [1.82, 2.24) is 14.7 Å². The second-order valence-electron chi connectivity index (χ2n) is 3.48. The van der Waals surface area contributed by atoms with Crippen molar-refractivity contribution in [2.45, 2.75) is 17.7 Å². The first-order chi connectivity index (χ1) is 8.47. The summed E-state index contributed by atoms with van der Waals surface area (Å²) in [5, 5.41) is 0. The third-order valence-electron chi connectivity index (χ3n) is 2.09. The van der Waals surface area contributed by atoms with E-state index in [1.54, 1.807) is 31.3 Å². The largest absolute Gasteiger partial charge is 0.250 e. The Morgan fingerprint density at radius 3 is 2.78 bits per heavy atom. The van der Waals surface area contributed by atoms with Crippen LogP contribution in [0.5, 0.6) is 0 Å². The molecule has 0 fully saturated rings. The van der Waals surface area contributed by atoms with Crippen LogP contribution < -0.4 is 4.72 Å². The molecule has 0 unspecified atom stereocenters. The highest BCUT2D eigenvalue weighted by atomic mass is 79.9. The molecule has 0 aliphatic heterocycles. The molecule has 0 bridgehead atoms. The molecule has 2 rings (SSSR count). The van der Waals surface area contributed by atoms with E-state index in [2.05, 4.69) is 30.6 Å². The number of nitrogens with one attached hydrogen (secondary N) is 1. The van der Waals surface area contributed by atoms with Gasteiger partial charge in [-0.15, -0.1) is 11.3 Å². The summed E-state index contributed by atoms with van der Waals surface area (Å²) < 4.78 is 27.4. The van der Waals surface area contributed by atoms with Crippen molar-refractivity contribution in [3.63, 3.8) is 0 Å². The fourth-order valence-electron chi connectivity index (χ4n) is 1.29. The molecule has 18 heavy (non-hydrogen) atoms. The summed E-state index contributed by atoms with van der Waals surface area (Å²) in [6.45, 7) is 1.91. The summed E-state index contributed by atoms with van der Waals surface area (Å²) in [5.74, 6) is 0.616. The minimum Gasteiger partial charge on any atom is -0.242 e. The van der Waals surface area contributed by atoms with E-state index in [1.165, 1.54) is 11.3 Å². The minimum atomic E-state index is -3.47. The van der Waals surface area contributed by atoms with Crippen LogP contribution in [0.25, 0.3) is 0 Å². The van der Waals surface area contributed by atoms with Crippen LogP contribution in [0.15, 0.2) is 32.4 Å². The maximum atomic E-state index is 11.9. The van der Waals surface area contributed by atoms with E-state index in [9.17, 15) is 8.42 Å². The number of sulfonamides is 1. The highest BCUT2D eigenvalue weighted by Gasteiger charge is 2.16. The molecule has 0 aliphatic rings.